The number of nitrogens with one attached hydrogen (secondary N) is 1. The molecule has 1 N–H and O–H groups in total. The first kappa shape index (κ1) is 22.0. The van der Waals surface area contributed by atoms with Gasteiger partial charge in [-0.15, -0.1) is 24.0 Å². The van der Waals surface area contributed by atoms with Gasteiger partial charge >= 0.3 is 0 Å². The number of likely N-dealkylation sites (tertiary alicyclic amines) is 1. The summed E-state index contributed by atoms with van der Waals surface area (Å²) in [6.45, 7) is 9.28. The maximum absolute atomic E-state index is 4.36. The molecule has 5 heteroatoms. The molecule has 0 radical (unpaired) electrons. The largest absolute Gasteiger partial charge is 0.356 e. The Morgan fingerprint density at radius 1 is 1.27 bits per heavy atom. The second-order valence-corrected chi connectivity index (χ2v) is 6.34. The Kier molecular flexibility index (Phi) is 13.4. The topological polar surface area (TPSA) is 30.9 Å². The van der Waals surface area contributed by atoms with Gasteiger partial charge in [-0.2, -0.15) is 0 Å². The number of hydrogen-bond donors (Lipinski definition) is 1. The van der Waals surface area contributed by atoms with Gasteiger partial charge in [-0.3, -0.25) is 4.99 Å². The van der Waals surface area contributed by atoms with Gasteiger partial charge in [0, 0.05) is 33.2 Å². The van der Waals surface area contributed by atoms with Gasteiger partial charge in [0.15, 0.2) is 5.96 Å². The zero-order valence-corrected chi connectivity index (χ0v) is 17.4. The van der Waals surface area contributed by atoms with Crippen LogP contribution in [0.1, 0.15) is 58.8 Å². The first-order valence-corrected chi connectivity index (χ1v) is 8.84. The molecule has 132 valence electrons. The van der Waals surface area contributed by atoms with Gasteiger partial charge in [0.1, 0.15) is 0 Å². The van der Waals surface area contributed by atoms with Crippen molar-refractivity contribution in [2.24, 2.45) is 4.99 Å². The van der Waals surface area contributed by atoms with Crippen molar-refractivity contribution in [3.8, 4) is 0 Å². The summed E-state index contributed by atoms with van der Waals surface area (Å²) in [5, 5.41) is 3.48. The minimum absolute atomic E-state index is 0. The van der Waals surface area contributed by atoms with Crippen LogP contribution in [0.3, 0.4) is 0 Å². The molecule has 1 atom stereocenters. The average Bonchev–Trinajstić information content (AvgIpc) is 2.50. The van der Waals surface area contributed by atoms with Crippen LogP contribution in [0.15, 0.2) is 4.99 Å². The second kappa shape index (κ2) is 13.4. The molecular weight excluding hydrogens is 387 g/mol. The van der Waals surface area contributed by atoms with E-state index < -0.39 is 0 Å². The molecule has 1 fully saturated rings. The van der Waals surface area contributed by atoms with Crippen molar-refractivity contribution in [2.75, 3.05) is 40.3 Å². The summed E-state index contributed by atoms with van der Waals surface area (Å²) < 4.78 is 0. The Morgan fingerprint density at radius 2 is 2.05 bits per heavy atom. The van der Waals surface area contributed by atoms with Crippen LogP contribution in [0.5, 0.6) is 0 Å². The summed E-state index contributed by atoms with van der Waals surface area (Å²) in [6.07, 6.45) is 9.15. The molecule has 1 aliphatic rings. The molecule has 0 bridgehead atoms. The molecule has 0 aromatic carbocycles. The highest BCUT2D eigenvalue weighted by molar-refractivity contribution is 14.0. The van der Waals surface area contributed by atoms with Crippen molar-refractivity contribution in [3.63, 3.8) is 0 Å². The van der Waals surface area contributed by atoms with Crippen molar-refractivity contribution >= 4 is 29.9 Å². The molecule has 0 amide bonds. The average molecular weight is 424 g/mol. The van der Waals surface area contributed by atoms with Gasteiger partial charge in [0.2, 0.25) is 0 Å². The Hall–Kier alpha value is -0.0400. The maximum Gasteiger partial charge on any atom is 0.193 e. The number of nitrogens with zero attached hydrogens (tertiary/aromatic N) is 3. The van der Waals surface area contributed by atoms with E-state index in [4.69, 9.17) is 0 Å². The number of piperidine rings is 1. The molecule has 1 unspecified atom stereocenters. The number of halogens is 1. The minimum atomic E-state index is 0. The predicted molar refractivity (Wildman–Crippen MR) is 108 cm³/mol. The van der Waals surface area contributed by atoms with Crippen LogP contribution in [0, 0.1) is 0 Å². The van der Waals surface area contributed by atoms with E-state index in [9.17, 15) is 0 Å². The van der Waals surface area contributed by atoms with Gasteiger partial charge in [0.25, 0.3) is 0 Å². The van der Waals surface area contributed by atoms with E-state index in [0.717, 1.165) is 25.1 Å². The van der Waals surface area contributed by atoms with E-state index in [1.807, 2.05) is 7.05 Å². The van der Waals surface area contributed by atoms with E-state index in [0.29, 0.717) is 0 Å². The summed E-state index contributed by atoms with van der Waals surface area (Å²) in [7, 11) is 4.00. The monoisotopic (exact) mass is 424 g/mol. The smallest absolute Gasteiger partial charge is 0.193 e. The summed E-state index contributed by atoms with van der Waals surface area (Å²) in [6, 6.07) is 0.791. The molecule has 0 aliphatic carbocycles. The lowest BCUT2D eigenvalue weighted by molar-refractivity contribution is 0.158. The molecule has 1 rings (SSSR count). The number of rotatable bonds is 8. The van der Waals surface area contributed by atoms with Gasteiger partial charge in [-0.1, -0.05) is 19.8 Å². The van der Waals surface area contributed by atoms with Crippen molar-refractivity contribution in [2.45, 2.75) is 64.8 Å². The molecule has 4 nitrogen and oxygen atoms in total. The number of aliphatic imine (C=N–C) groups is 1. The lowest BCUT2D eigenvalue weighted by Crippen LogP contribution is -2.40. The highest BCUT2D eigenvalue weighted by Crippen LogP contribution is 2.16. The molecule has 22 heavy (non-hydrogen) atoms. The van der Waals surface area contributed by atoms with Gasteiger partial charge in [-0.25, -0.2) is 0 Å². The van der Waals surface area contributed by atoms with Crippen LogP contribution in [0.2, 0.25) is 0 Å². The summed E-state index contributed by atoms with van der Waals surface area (Å²) in [4.78, 5) is 9.25. The van der Waals surface area contributed by atoms with E-state index in [2.05, 4.69) is 41.0 Å². The van der Waals surface area contributed by atoms with Gasteiger partial charge in [0.05, 0.1) is 0 Å². The maximum atomic E-state index is 4.36. The fourth-order valence-electron chi connectivity index (χ4n) is 3.02. The third kappa shape index (κ3) is 8.56. The molecule has 1 heterocycles. The van der Waals surface area contributed by atoms with Crippen LogP contribution >= 0.6 is 24.0 Å². The molecule has 0 aromatic heterocycles. The fraction of sp³-hybridized carbons (Fsp3) is 0.941. The van der Waals surface area contributed by atoms with Crippen LogP contribution in [-0.4, -0.2) is 62.1 Å². The molecule has 0 spiro atoms. The highest BCUT2D eigenvalue weighted by atomic mass is 127. The normalized spacial score (nSPS) is 19.6. The quantitative estimate of drug-likeness (QED) is 0.280. The minimum Gasteiger partial charge on any atom is -0.356 e. The third-order valence-corrected chi connectivity index (χ3v) is 4.52. The SMILES string of the molecule is CCCCN(C)C(=NC)NCCCCN1CCCCC1C.I. The van der Waals surface area contributed by atoms with E-state index in [-0.39, 0.29) is 24.0 Å². The number of hydrogen-bond acceptors (Lipinski definition) is 2. The zero-order chi connectivity index (χ0) is 15.5. The van der Waals surface area contributed by atoms with Crippen LogP contribution in [0.25, 0.3) is 0 Å². The van der Waals surface area contributed by atoms with Crippen LogP contribution in [-0.2, 0) is 0 Å². The lowest BCUT2D eigenvalue weighted by Gasteiger charge is -2.33. The first-order chi connectivity index (χ1) is 10.2. The van der Waals surface area contributed by atoms with E-state index in [1.54, 1.807) is 0 Å². The molecule has 0 aromatic rings. The summed E-state index contributed by atoms with van der Waals surface area (Å²) in [5.41, 5.74) is 0. The third-order valence-electron chi connectivity index (χ3n) is 4.52. The van der Waals surface area contributed by atoms with Gasteiger partial charge < -0.3 is 15.1 Å². The Bertz CT molecular complexity index is 296. The van der Waals surface area contributed by atoms with Crippen molar-refractivity contribution in [1.29, 1.82) is 0 Å². The Morgan fingerprint density at radius 3 is 2.68 bits per heavy atom. The molecule has 0 saturated carbocycles. The lowest BCUT2D eigenvalue weighted by atomic mass is 10.0. The van der Waals surface area contributed by atoms with Crippen molar-refractivity contribution in [3.05, 3.63) is 0 Å². The molecule has 1 aliphatic heterocycles. The van der Waals surface area contributed by atoms with Crippen LogP contribution < -0.4 is 5.32 Å². The van der Waals surface area contributed by atoms with Gasteiger partial charge in [-0.05, 0) is 52.1 Å². The first-order valence-electron chi connectivity index (χ1n) is 8.84. The van der Waals surface area contributed by atoms with E-state index >= 15 is 0 Å². The number of guanidine groups is 1. The molecular formula is C17H37IN4. The van der Waals surface area contributed by atoms with Crippen molar-refractivity contribution < 1.29 is 0 Å². The standard InChI is InChI=1S/C17H36N4.HI/c1-5-6-13-20(4)17(18-3)19-12-8-10-15-21-14-9-7-11-16(21)2;/h16H,5-15H2,1-4H3,(H,18,19);1H. The second-order valence-electron chi connectivity index (χ2n) is 6.34. The predicted octanol–water partition coefficient (Wildman–Crippen LogP) is 3.57. The molecule has 1 saturated heterocycles. The van der Waals surface area contributed by atoms with Crippen molar-refractivity contribution in [1.82, 2.24) is 15.1 Å². The highest BCUT2D eigenvalue weighted by Gasteiger charge is 2.16. The summed E-state index contributed by atoms with van der Waals surface area (Å²) >= 11 is 0. The Labute approximate surface area is 155 Å². The number of unbranched alkanes of at least 4 members (excludes halogenated alkanes) is 2. The Balaban J connectivity index is 0.00000441. The van der Waals surface area contributed by atoms with Crippen LogP contribution in [0.4, 0.5) is 0 Å². The van der Waals surface area contributed by atoms with E-state index in [1.165, 1.54) is 58.0 Å². The zero-order valence-electron chi connectivity index (χ0n) is 15.1. The fourth-order valence-corrected chi connectivity index (χ4v) is 3.02. The summed E-state index contributed by atoms with van der Waals surface area (Å²) in [5.74, 6) is 1.04.